The molecule has 0 spiro atoms. The minimum atomic E-state index is -3.94. The first-order valence-electron chi connectivity index (χ1n) is 13.8. The fourth-order valence-electron chi connectivity index (χ4n) is 5.21. The summed E-state index contributed by atoms with van der Waals surface area (Å²) in [7, 11) is -3.94. The molecular formula is C31H34BrCl2N3O4S. The third kappa shape index (κ3) is 8.96. The van der Waals surface area contributed by atoms with Crippen molar-refractivity contribution in [3.05, 3.63) is 98.4 Å². The SMILES string of the molecule is CS(=O)(=O)N(CC(=O)N(Cc1cccc(Br)c1)C(Cc1ccccc1)C(=O)NC1CCCCC1)c1ccc(Cl)cc1Cl. The predicted octanol–water partition coefficient (Wildman–Crippen LogP) is 6.61. The fourth-order valence-corrected chi connectivity index (χ4v) is 7.08. The lowest BCUT2D eigenvalue weighted by Gasteiger charge is -2.35. The number of sulfonamides is 1. The van der Waals surface area contributed by atoms with Crippen LogP contribution in [0.2, 0.25) is 10.0 Å². The van der Waals surface area contributed by atoms with E-state index in [0.29, 0.717) is 5.02 Å². The van der Waals surface area contributed by atoms with E-state index < -0.39 is 28.5 Å². The van der Waals surface area contributed by atoms with Crippen molar-refractivity contribution in [3.8, 4) is 0 Å². The lowest BCUT2D eigenvalue weighted by Crippen LogP contribution is -2.55. The van der Waals surface area contributed by atoms with Crippen molar-refractivity contribution >= 4 is 66.7 Å². The molecule has 0 bridgehead atoms. The van der Waals surface area contributed by atoms with Crippen LogP contribution < -0.4 is 9.62 Å². The Bertz CT molecular complexity index is 1500. The van der Waals surface area contributed by atoms with Crippen molar-refractivity contribution in [1.29, 1.82) is 0 Å². The summed E-state index contributed by atoms with van der Waals surface area (Å²) < 4.78 is 27.7. The van der Waals surface area contributed by atoms with Crippen LogP contribution in [0.5, 0.6) is 0 Å². The van der Waals surface area contributed by atoms with Gasteiger partial charge < -0.3 is 10.2 Å². The first-order chi connectivity index (χ1) is 20.0. The van der Waals surface area contributed by atoms with Gasteiger partial charge in [-0.2, -0.15) is 0 Å². The zero-order valence-corrected chi connectivity index (χ0v) is 27.2. The van der Waals surface area contributed by atoms with Gasteiger partial charge in [0.05, 0.1) is 17.0 Å². The summed E-state index contributed by atoms with van der Waals surface area (Å²) >= 11 is 15.9. The number of hydrogen-bond donors (Lipinski definition) is 1. The lowest BCUT2D eigenvalue weighted by atomic mass is 9.94. The molecule has 1 fully saturated rings. The number of anilines is 1. The molecule has 11 heteroatoms. The van der Waals surface area contributed by atoms with Crippen LogP contribution in [0.3, 0.4) is 0 Å². The molecule has 0 radical (unpaired) electrons. The van der Waals surface area contributed by atoms with Gasteiger partial charge in [0.1, 0.15) is 12.6 Å². The smallest absolute Gasteiger partial charge is 0.244 e. The van der Waals surface area contributed by atoms with E-state index in [1.165, 1.54) is 23.1 Å². The fraction of sp³-hybridized carbons (Fsp3) is 0.355. The summed E-state index contributed by atoms with van der Waals surface area (Å²) in [5.41, 5.74) is 1.80. The summed E-state index contributed by atoms with van der Waals surface area (Å²) in [5.74, 6) is -0.796. The summed E-state index contributed by atoms with van der Waals surface area (Å²) in [6.07, 6.45) is 6.28. The van der Waals surface area contributed by atoms with E-state index in [0.717, 1.165) is 58.3 Å². The number of benzene rings is 3. The van der Waals surface area contributed by atoms with Crippen LogP contribution in [0.15, 0.2) is 77.3 Å². The Morgan fingerprint density at radius 1 is 0.952 bits per heavy atom. The van der Waals surface area contributed by atoms with Gasteiger partial charge in [0, 0.05) is 28.5 Å². The average Bonchev–Trinajstić information content (AvgIpc) is 2.94. The van der Waals surface area contributed by atoms with Crippen molar-refractivity contribution in [2.24, 2.45) is 0 Å². The molecule has 3 aromatic rings. The Balaban J connectivity index is 1.74. The molecule has 42 heavy (non-hydrogen) atoms. The van der Waals surface area contributed by atoms with E-state index in [1.807, 2.05) is 54.6 Å². The minimum Gasteiger partial charge on any atom is -0.352 e. The molecule has 4 rings (SSSR count). The largest absolute Gasteiger partial charge is 0.352 e. The summed E-state index contributed by atoms with van der Waals surface area (Å²) in [6, 6.07) is 20.5. The number of rotatable bonds is 11. The van der Waals surface area contributed by atoms with Crippen LogP contribution in [-0.4, -0.2) is 50.0 Å². The molecular weight excluding hydrogens is 661 g/mol. The minimum absolute atomic E-state index is 0.0349. The van der Waals surface area contributed by atoms with E-state index in [-0.39, 0.29) is 35.6 Å². The molecule has 0 heterocycles. The van der Waals surface area contributed by atoms with Crippen LogP contribution >= 0.6 is 39.1 Å². The summed E-state index contributed by atoms with van der Waals surface area (Å²) in [6.45, 7) is -0.448. The van der Waals surface area contributed by atoms with Crippen LogP contribution in [0.25, 0.3) is 0 Å². The Labute approximate surface area is 266 Å². The van der Waals surface area contributed by atoms with E-state index >= 15 is 0 Å². The van der Waals surface area contributed by atoms with Gasteiger partial charge in [-0.25, -0.2) is 8.42 Å². The number of amides is 2. The van der Waals surface area contributed by atoms with E-state index in [1.54, 1.807) is 0 Å². The standard InChI is InChI=1S/C31H34BrCl2N3O4S/c1-42(40,41)37(28-16-15-25(33)19-27(28)34)21-30(38)36(20-23-11-8-12-24(32)17-23)29(18-22-9-4-2-5-10-22)31(39)35-26-13-6-3-7-14-26/h2,4-5,8-12,15-17,19,26,29H,3,6-7,13-14,18,20-21H2,1H3,(H,35,39). The Kier molecular flexibility index (Phi) is 11.3. The van der Waals surface area contributed by atoms with Gasteiger partial charge in [0.15, 0.2) is 0 Å². The molecule has 0 aromatic heterocycles. The Hall–Kier alpha value is -2.59. The lowest BCUT2D eigenvalue weighted by molar-refractivity contribution is -0.140. The van der Waals surface area contributed by atoms with Crippen LogP contribution in [0.1, 0.15) is 43.2 Å². The van der Waals surface area contributed by atoms with Crippen molar-refractivity contribution in [2.45, 2.75) is 57.2 Å². The summed E-state index contributed by atoms with van der Waals surface area (Å²) in [5, 5.41) is 3.62. The van der Waals surface area contributed by atoms with E-state index in [4.69, 9.17) is 23.2 Å². The van der Waals surface area contributed by atoms with Crippen LogP contribution in [0, 0.1) is 0 Å². The number of carbonyl (C=O) groups excluding carboxylic acids is 2. The molecule has 0 saturated heterocycles. The second kappa shape index (κ2) is 14.7. The molecule has 7 nitrogen and oxygen atoms in total. The van der Waals surface area contributed by atoms with Crippen molar-refractivity contribution in [3.63, 3.8) is 0 Å². The highest BCUT2D eigenvalue weighted by Gasteiger charge is 2.34. The van der Waals surface area contributed by atoms with Crippen LogP contribution in [-0.2, 0) is 32.6 Å². The second-order valence-corrected chi connectivity index (χ2v) is 14.2. The highest BCUT2D eigenvalue weighted by molar-refractivity contribution is 9.10. The molecule has 1 aliphatic rings. The molecule has 0 aliphatic heterocycles. The summed E-state index contributed by atoms with van der Waals surface area (Å²) in [4.78, 5) is 29.7. The number of halogens is 3. The first-order valence-corrected chi connectivity index (χ1v) is 17.2. The molecule has 1 unspecified atom stereocenters. The van der Waals surface area contributed by atoms with Gasteiger partial charge >= 0.3 is 0 Å². The van der Waals surface area contributed by atoms with Gasteiger partial charge in [0.25, 0.3) is 0 Å². The van der Waals surface area contributed by atoms with Gasteiger partial charge in [-0.15, -0.1) is 0 Å². The molecule has 2 amide bonds. The highest BCUT2D eigenvalue weighted by atomic mass is 79.9. The van der Waals surface area contributed by atoms with Gasteiger partial charge in [-0.3, -0.25) is 13.9 Å². The number of nitrogens with zero attached hydrogens (tertiary/aromatic N) is 2. The average molecular weight is 696 g/mol. The molecule has 224 valence electrons. The molecule has 1 N–H and O–H groups in total. The van der Waals surface area contributed by atoms with Crippen LogP contribution in [0.4, 0.5) is 5.69 Å². The Morgan fingerprint density at radius 3 is 2.29 bits per heavy atom. The molecule has 1 atom stereocenters. The monoisotopic (exact) mass is 693 g/mol. The van der Waals surface area contributed by atoms with Gasteiger partial charge in [0.2, 0.25) is 21.8 Å². The zero-order chi connectivity index (χ0) is 30.3. The number of hydrogen-bond acceptors (Lipinski definition) is 4. The van der Waals surface area contributed by atoms with Crippen molar-refractivity contribution < 1.29 is 18.0 Å². The zero-order valence-electron chi connectivity index (χ0n) is 23.3. The topological polar surface area (TPSA) is 86.8 Å². The maximum absolute atomic E-state index is 14.2. The van der Waals surface area contributed by atoms with E-state index in [2.05, 4.69) is 21.2 Å². The Morgan fingerprint density at radius 2 is 1.64 bits per heavy atom. The number of carbonyl (C=O) groups is 2. The second-order valence-electron chi connectivity index (χ2n) is 10.6. The normalized spacial score (nSPS) is 14.7. The number of nitrogens with one attached hydrogen (secondary N) is 1. The third-order valence-corrected chi connectivity index (χ3v) is 9.48. The molecule has 3 aromatic carbocycles. The van der Waals surface area contributed by atoms with Crippen molar-refractivity contribution in [2.75, 3.05) is 17.1 Å². The maximum atomic E-state index is 14.2. The molecule has 1 saturated carbocycles. The highest BCUT2D eigenvalue weighted by Crippen LogP contribution is 2.31. The molecule has 1 aliphatic carbocycles. The maximum Gasteiger partial charge on any atom is 0.244 e. The predicted molar refractivity (Wildman–Crippen MR) is 172 cm³/mol. The first kappa shape index (κ1) is 32.3. The van der Waals surface area contributed by atoms with Gasteiger partial charge in [-0.1, -0.05) is 101 Å². The van der Waals surface area contributed by atoms with Crippen molar-refractivity contribution in [1.82, 2.24) is 10.2 Å². The van der Waals surface area contributed by atoms with Gasteiger partial charge in [-0.05, 0) is 54.3 Å². The van der Waals surface area contributed by atoms with E-state index in [9.17, 15) is 18.0 Å². The third-order valence-electron chi connectivity index (χ3n) is 7.32. The quantitative estimate of drug-likeness (QED) is 0.245.